The molecule has 2 aromatic carbocycles. The first kappa shape index (κ1) is 18.4. The van der Waals surface area contributed by atoms with E-state index in [-0.39, 0.29) is 12.4 Å². The topological polar surface area (TPSA) is 54.0 Å². The molecule has 5 nitrogen and oxygen atoms in total. The van der Waals surface area contributed by atoms with Gasteiger partial charge in [0.2, 0.25) is 0 Å². The van der Waals surface area contributed by atoms with Gasteiger partial charge in [0, 0.05) is 0 Å². The molecule has 134 valence electrons. The molecule has 0 aliphatic rings. The summed E-state index contributed by atoms with van der Waals surface area (Å²) in [5.41, 5.74) is 0.939. The van der Waals surface area contributed by atoms with Crippen LogP contribution >= 0.6 is 0 Å². The molecule has 0 amide bonds. The van der Waals surface area contributed by atoms with E-state index in [1.165, 1.54) is 50.6 Å². The maximum Gasteiger partial charge on any atom is 0.573 e. The number of methoxy groups -OCH3 is 2. The Hall–Kier alpha value is -2.90. The fourth-order valence-electron chi connectivity index (χ4n) is 1.98. The lowest BCUT2D eigenvalue weighted by Gasteiger charge is -2.12. The van der Waals surface area contributed by atoms with Gasteiger partial charge in [0.1, 0.15) is 12.4 Å². The quantitative estimate of drug-likeness (QED) is 0.734. The molecular formula is C17H15F3O5. The predicted octanol–water partition coefficient (Wildman–Crippen LogP) is 3.96. The van der Waals surface area contributed by atoms with Crippen molar-refractivity contribution in [2.24, 2.45) is 0 Å². The number of hydrogen-bond acceptors (Lipinski definition) is 5. The van der Waals surface area contributed by atoms with E-state index in [0.29, 0.717) is 22.6 Å². The minimum Gasteiger partial charge on any atom is -0.493 e. The van der Waals surface area contributed by atoms with Crippen LogP contribution in [-0.2, 0) is 11.3 Å². The second kappa shape index (κ2) is 7.78. The average Bonchev–Trinajstić information content (AvgIpc) is 2.59. The Labute approximate surface area is 141 Å². The molecule has 0 radical (unpaired) electrons. The van der Waals surface area contributed by atoms with Crippen molar-refractivity contribution >= 4 is 5.97 Å². The lowest BCUT2D eigenvalue weighted by atomic mass is 10.2. The molecule has 25 heavy (non-hydrogen) atoms. The zero-order chi connectivity index (χ0) is 18.4. The molecule has 0 saturated carbocycles. The van der Waals surface area contributed by atoms with Crippen LogP contribution in [0.4, 0.5) is 13.2 Å². The summed E-state index contributed by atoms with van der Waals surface area (Å²) < 4.78 is 55.5. The van der Waals surface area contributed by atoms with Crippen LogP contribution in [0.5, 0.6) is 17.2 Å². The van der Waals surface area contributed by atoms with Crippen LogP contribution in [0.25, 0.3) is 0 Å². The maximum atomic E-state index is 12.1. The zero-order valence-corrected chi connectivity index (χ0v) is 13.4. The summed E-state index contributed by atoms with van der Waals surface area (Å²) in [7, 11) is 2.69. The van der Waals surface area contributed by atoms with E-state index >= 15 is 0 Å². The van der Waals surface area contributed by atoms with Crippen molar-refractivity contribution in [1.29, 1.82) is 0 Å². The van der Waals surface area contributed by atoms with Crippen molar-refractivity contribution in [1.82, 2.24) is 0 Å². The van der Waals surface area contributed by atoms with Crippen LogP contribution in [0, 0.1) is 0 Å². The van der Waals surface area contributed by atoms with Crippen LogP contribution in [0.15, 0.2) is 42.5 Å². The van der Waals surface area contributed by atoms with Crippen molar-refractivity contribution in [2.75, 3.05) is 14.2 Å². The van der Waals surface area contributed by atoms with E-state index in [2.05, 4.69) is 9.47 Å². The third-order valence-corrected chi connectivity index (χ3v) is 3.14. The second-order valence-electron chi connectivity index (χ2n) is 4.84. The molecular weight excluding hydrogens is 341 g/mol. The number of rotatable bonds is 6. The van der Waals surface area contributed by atoms with Crippen LogP contribution in [0.3, 0.4) is 0 Å². The standard InChI is InChI=1S/C17H15F3O5/c1-22-15-9-12(16(21)23-2)5-8-14(15)24-10-11-3-6-13(7-4-11)25-17(18,19)20/h3-9H,10H2,1-2H3. The summed E-state index contributed by atoms with van der Waals surface area (Å²) in [6.45, 7) is 0.0974. The van der Waals surface area contributed by atoms with E-state index in [1.807, 2.05) is 0 Å². The summed E-state index contributed by atoms with van der Waals surface area (Å²) in [6.07, 6.45) is -4.73. The minimum atomic E-state index is -4.73. The van der Waals surface area contributed by atoms with Crippen LogP contribution in [0.1, 0.15) is 15.9 Å². The molecule has 0 heterocycles. The number of alkyl halides is 3. The van der Waals surface area contributed by atoms with Crippen molar-refractivity contribution in [3.05, 3.63) is 53.6 Å². The highest BCUT2D eigenvalue weighted by atomic mass is 19.4. The maximum absolute atomic E-state index is 12.1. The minimum absolute atomic E-state index is 0.0974. The zero-order valence-electron chi connectivity index (χ0n) is 13.4. The number of ether oxygens (including phenoxy) is 4. The fraction of sp³-hybridized carbons (Fsp3) is 0.235. The van der Waals surface area contributed by atoms with Crippen molar-refractivity contribution < 1.29 is 36.9 Å². The van der Waals surface area contributed by atoms with E-state index in [1.54, 1.807) is 6.07 Å². The molecule has 0 atom stereocenters. The van der Waals surface area contributed by atoms with Gasteiger partial charge in [-0.1, -0.05) is 12.1 Å². The summed E-state index contributed by atoms with van der Waals surface area (Å²) >= 11 is 0. The lowest BCUT2D eigenvalue weighted by molar-refractivity contribution is -0.274. The molecule has 2 aromatic rings. The monoisotopic (exact) mass is 356 g/mol. The third-order valence-electron chi connectivity index (χ3n) is 3.14. The average molecular weight is 356 g/mol. The normalized spacial score (nSPS) is 10.9. The van der Waals surface area contributed by atoms with E-state index in [0.717, 1.165) is 0 Å². The summed E-state index contributed by atoms with van der Waals surface area (Å²) in [5.74, 6) is -0.105. The van der Waals surface area contributed by atoms with Gasteiger partial charge in [-0.05, 0) is 35.9 Å². The van der Waals surface area contributed by atoms with Gasteiger partial charge >= 0.3 is 12.3 Å². The van der Waals surface area contributed by atoms with Gasteiger partial charge in [-0.15, -0.1) is 13.2 Å². The van der Waals surface area contributed by atoms with Crippen molar-refractivity contribution in [2.45, 2.75) is 13.0 Å². The van der Waals surface area contributed by atoms with Crippen molar-refractivity contribution in [3.8, 4) is 17.2 Å². The van der Waals surface area contributed by atoms with Gasteiger partial charge < -0.3 is 18.9 Å². The molecule has 2 rings (SSSR count). The number of halogens is 3. The van der Waals surface area contributed by atoms with Gasteiger partial charge in [0.05, 0.1) is 19.8 Å². The lowest BCUT2D eigenvalue weighted by Crippen LogP contribution is -2.17. The Morgan fingerprint density at radius 1 is 1.00 bits per heavy atom. The first-order chi connectivity index (χ1) is 11.8. The molecule has 0 fully saturated rings. The molecule has 8 heteroatoms. The highest BCUT2D eigenvalue weighted by molar-refractivity contribution is 5.90. The highest BCUT2D eigenvalue weighted by Gasteiger charge is 2.30. The molecule has 0 aromatic heterocycles. The smallest absolute Gasteiger partial charge is 0.493 e. The molecule has 0 spiro atoms. The Balaban J connectivity index is 2.04. The first-order valence-corrected chi connectivity index (χ1v) is 7.06. The first-order valence-electron chi connectivity index (χ1n) is 7.06. The molecule has 0 aliphatic carbocycles. The Bertz CT molecular complexity index is 726. The van der Waals surface area contributed by atoms with E-state index in [9.17, 15) is 18.0 Å². The van der Waals surface area contributed by atoms with Gasteiger partial charge in [0.25, 0.3) is 0 Å². The van der Waals surface area contributed by atoms with Gasteiger partial charge in [-0.2, -0.15) is 0 Å². The number of carbonyl (C=O) groups excluding carboxylic acids is 1. The second-order valence-corrected chi connectivity index (χ2v) is 4.84. The van der Waals surface area contributed by atoms with Gasteiger partial charge in [-0.25, -0.2) is 4.79 Å². The Kier molecular flexibility index (Phi) is 5.74. The van der Waals surface area contributed by atoms with Crippen LogP contribution < -0.4 is 14.2 Å². The predicted molar refractivity (Wildman–Crippen MR) is 81.8 cm³/mol. The number of benzene rings is 2. The fourth-order valence-corrected chi connectivity index (χ4v) is 1.98. The van der Waals surface area contributed by atoms with Crippen LogP contribution in [0.2, 0.25) is 0 Å². The van der Waals surface area contributed by atoms with E-state index in [4.69, 9.17) is 9.47 Å². The summed E-state index contributed by atoms with van der Waals surface area (Å²) in [6, 6.07) is 9.85. The van der Waals surface area contributed by atoms with Gasteiger partial charge in [0.15, 0.2) is 11.5 Å². The van der Waals surface area contributed by atoms with Gasteiger partial charge in [-0.3, -0.25) is 0 Å². The molecule has 0 saturated heterocycles. The van der Waals surface area contributed by atoms with Crippen LogP contribution in [-0.4, -0.2) is 26.6 Å². The Morgan fingerprint density at radius 2 is 1.68 bits per heavy atom. The highest BCUT2D eigenvalue weighted by Crippen LogP contribution is 2.29. The molecule has 0 bridgehead atoms. The SMILES string of the molecule is COC(=O)c1ccc(OCc2ccc(OC(F)(F)F)cc2)c(OC)c1. The molecule has 0 unspecified atom stereocenters. The molecule has 0 aliphatic heterocycles. The number of hydrogen-bond donors (Lipinski definition) is 0. The number of esters is 1. The molecule has 0 N–H and O–H groups in total. The van der Waals surface area contributed by atoms with E-state index < -0.39 is 12.3 Å². The number of carbonyl (C=O) groups is 1. The summed E-state index contributed by atoms with van der Waals surface area (Å²) in [5, 5.41) is 0. The van der Waals surface area contributed by atoms with Crippen molar-refractivity contribution in [3.63, 3.8) is 0 Å². The third kappa shape index (κ3) is 5.30. The largest absolute Gasteiger partial charge is 0.573 e. The Morgan fingerprint density at radius 3 is 2.24 bits per heavy atom. The summed E-state index contributed by atoms with van der Waals surface area (Å²) in [4.78, 5) is 11.5.